The second-order valence-corrected chi connectivity index (χ2v) is 7.59. The van der Waals surface area contributed by atoms with Crippen LogP contribution in [0.15, 0.2) is 90.6 Å². The maximum atomic E-state index is 3.81. The first-order chi connectivity index (χ1) is 13.0. The van der Waals surface area contributed by atoms with Gasteiger partial charge in [-0.3, -0.25) is 0 Å². The monoisotopic (exact) mass is 355 g/mol. The summed E-state index contributed by atoms with van der Waals surface area (Å²) in [6.45, 7) is 13.4. The van der Waals surface area contributed by atoms with Crippen LogP contribution in [0.5, 0.6) is 0 Å². The minimum absolute atomic E-state index is 0.0336. The summed E-state index contributed by atoms with van der Waals surface area (Å²) in [5.74, 6) is 0. The van der Waals surface area contributed by atoms with Gasteiger partial charge in [0.25, 0.3) is 0 Å². The molecule has 0 atom stereocenters. The fourth-order valence-electron chi connectivity index (χ4n) is 3.84. The zero-order chi connectivity index (χ0) is 19.4. The van der Waals surface area contributed by atoms with Crippen molar-refractivity contribution in [2.75, 3.05) is 11.9 Å². The number of benzene rings is 2. The Labute approximate surface area is 163 Å². The minimum Gasteiger partial charge on any atom is -0.381 e. The standard InChI is InChI=1S/C26H29N/c1-6-8-12-20(19(3)11-7-2)18-27-21-15-16-23-22-13-9-10-14-24(22)26(4,5)25(23)17-21/h6-17,27H,2,18H2,1,3-5H3/b8-6-,19-11+,20-12+. The second-order valence-electron chi connectivity index (χ2n) is 7.59. The van der Waals surface area contributed by atoms with Gasteiger partial charge in [-0.15, -0.1) is 0 Å². The summed E-state index contributed by atoms with van der Waals surface area (Å²) >= 11 is 0. The molecule has 0 unspecified atom stereocenters. The third kappa shape index (κ3) is 3.68. The van der Waals surface area contributed by atoms with Crippen LogP contribution in [0.1, 0.15) is 38.8 Å². The highest BCUT2D eigenvalue weighted by Gasteiger charge is 2.35. The van der Waals surface area contributed by atoms with Gasteiger partial charge in [0, 0.05) is 17.6 Å². The Morgan fingerprint density at radius 1 is 1.04 bits per heavy atom. The zero-order valence-corrected chi connectivity index (χ0v) is 16.8. The fourth-order valence-corrected chi connectivity index (χ4v) is 3.84. The van der Waals surface area contributed by atoms with Crippen molar-refractivity contribution < 1.29 is 0 Å². The molecular weight excluding hydrogens is 326 g/mol. The van der Waals surface area contributed by atoms with Gasteiger partial charge in [-0.25, -0.2) is 0 Å². The molecule has 2 aromatic rings. The molecule has 138 valence electrons. The summed E-state index contributed by atoms with van der Waals surface area (Å²) in [6, 6.07) is 15.5. The Kier molecular flexibility index (Phi) is 5.51. The first-order valence-electron chi connectivity index (χ1n) is 9.59. The van der Waals surface area contributed by atoms with Gasteiger partial charge in [-0.05, 0) is 59.4 Å². The van der Waals surface area contributed by atoms with Gasteiger partial charge in [0.05, 0.1) is 0 Å². The Morgan fingerprint density at radius 3 is 2.52 bits per heavy atom. The molecule has 1 aliphatic rings. The largest absolute Gasteiger partial charge is 0.381 e. The van der Waals surface area contributed by atoms with Gasteiger partial charge >= 0.3 is 0 Å². The van der Waals surface area contributed by atoms with Crippen molar-refractivity contribution >= 4 is 5.69 Å². The van der Waals surface area contributed by atoms with Crippen LogP contribution in [-0.2, 0) is 5.41 Å². The van der Waals surface area contributed by atoms with E-state index in [9.17, 15) is 0 Å². The van der Waals surface area contributed by atoms with Gasteiger partial charge in [-0.2, -0.15) is 0 Å². The number of hydrogen-bond donors (Lipinski definition) is 1. The van der Waals surface area contributed by atoms with E-state index in [-0.39, 0.29) is 5.41 Å². The number of anilines is 1. The highest BCUT2D eigenvalue weighted by atomic mass is 14.9. The molecule has 0 amide bonds. The fraction of sp³-hybridized carbons (Fsp3) is 0.231. The van der Waals surface area contributed by atoms with Crippen LogP contribution in [0.3, 0.4) is 0 Å². The molecule has 0 saturated carbocycles. The number of nitrogens with one attached hydrogen (secondary N) is 1. The highest BCUT2D eigenvalue weighted by molar-refractivity contribution is 5.82. The summed E-state index contributed by atoms with van der Waals surface area (Å²) in [4.78, 5) is 0. The maximum Gasteiger partial charge on any atom is 0.0403 e. The molecule has 0 saturated heterocycles. The SMILES string of the molecule is C=C/C=C(C)/C(=C/C=C\C)CNc1ccc2c(c1)C(C)(C)c1ccccc1-2. The molecule has 0 bridgehead atoms. The molecule has 3 rings (SSSR count). The van der Waals surface area contributed by atoms with Crippen molar-refractivity contribution in [3.8, 4) is 11.1 Å². The van der Waals surface area contributed by atoms with Gasteiger partial charge in [0.1, 0.15) is 0 Å². The van der Waals surface area contributed by atoms with E-state index >= 15 is 0 Å². The van der Waals surface area contributed by atoms with E-state index in [0.29, 0.717) is 0 Å². The Hall–Kier alpha value is -2.80. The molecule has 27 heavy (non-hydrogen) atoms. The molecule has 0 aliphatic heterocycles. The lowest BCUT2D eigenvalue weighted by Gasteiger charge is -2.22. The lowest BCUT2D eigenvalue weighted by atomic mass is 9.82. The van der Waals surface area contributed by atoms with Crippen LogP contribution >= 0.6 is 0 Å². The van der Waals surface area contributed by atoms with Crippen molar-refractivity contribution in [1.29, 1.82) is 0 Å². The Morgan fingerprint density at radius 2 is 1.78 bits per heavy atom. The number of fused-ring (bicyclic) bond motifs is 3. The third-order valence-electron chi connectivity index (χ3n) is 5.43. The third-order valence-corrected chi connectivity index (χ3v) is 5.43. The van der Waals surface area contributed by atoms with Crippen molar-refractivity contribution in [2.24, 2.45) is 0 Å². The van der Waals surface area contributed by atoms with Crippen molar-refractivity contribution in [3.05, 3.63) is 102 Å². The first-order valence-corrected chi connectivity index (χ1v) is 9.59. The first kappa shape index (κ1) is 19.0. The summed E-state index contributed by atoms with van der Waals surface area (Å²) in [5, 5.41) is 3.61. The predicted molar refractivity (Wildman–Crippen MR) is 119 cm³/mol. The van der Waals surface area contributed by atoms with Crippen molar-refractivity contribution in [3.63, 3.8) is 0 Å². The minimum atomic E-state index is 0.0336. The quantitative estimate of drug-likeness (QED) is 0.548. The number of hydrogen-bond acceptors (Lipinski definition) is 1. The topological polar surface area (TPSA) is 12.0 Å². The summed E-state index contributed by atoms with van der Waals surface area (Å²) < 4.78 is 0. The van der Waals surface area contributed by atoms with E-state index in [2.05, 4.69) is 99.4 Å². The normalized spacial score (nSPS) is 15.6. The molecule has 0 radical (unpaired) electrons. The molecule has 0 aromatic heterocycles. The van der Waals surface area contributed by atoms with Crippen molar-refractivity contribution in [1.82, 2.24) is 0 Å². The van der Waals surface area contributed by atoms with Gasteiger partial charge < -0.3 is 5.32 Å². The van der Waals surface area contributed by atoms with Gasteiger partial charge in [0.15, 0.2) is 0 Å². The average Bonchev–Trinajstić information content (AvgIpc) is 2.90. The van der Waals surface area contributed by atoms with Crippen LogP contribution in [0, 0.1) is 0 Å². The second kappa shape index (κ2) is 7.84. The lowest BCUT2D eigenvalue weighted by molar-refractivity contribution is 0.660. The molecule has 2 aromatic carbocycles. The highest BCUT2D eigenvalue weighted by Crippen LogP contribution is 2.49. The van der Waals surface area contributed by atoms with E-state index in [1.165, 1.54) is 33.4 Å². The van der Waals surface area contributed by atoms with Gasteiger partial charge in [-0.1, -0.05) is 81.1 Å². The molecule has 0 heterocycles. The molecular formula is C26H29N. The molecule has 1 aliphatic carbocycles. The summed E-state index contributed by atoms with van der Waals surface area (Å²) in [7, 11) is 0. The van der Waals surface area contributed by atoms with E-state index in [4.69, 9.17) is 0 Å². The van der Waals surface area contributed by atoms with Gasteiger partial charge in [0.2, 0.25) is 0 Å². The summed E-state index contributed by atoms with van der Waals surface area (Å²) in [6.07, 6.45) is 10.2. The smallest absolute Gasteiger partial charge is 0.0403 e. The van der Waals surface area contributed by atoms with Crippen LogP contribution in [0.4, 0.5) is 5.69 Å². The number of allylic oxidation sites excluding steroid dienone is 5. The van der Waals surface area contributed by atoms with E-state index in [0.717, 1.165) is 12.2 Å². The predicted octanol–water partition coefficient (Wildman–Crippen LogP) is 7.04. The molecule has 0 fully saturated rings. The zero-order valence-electron chi connectivity index (χ0n) is 16.8. The van der Waals surface area contributed by atoms with Crippen LogP contribution in [-0.4, -0.2) is 6.54 Å². The van der Waals surface area contributed by atoms with Crippen molar-refractivity contribution in [2.45, 2.75) is 33.1 Å². The number of rotatable bonds is 6. The molecule has 1 N–H and O–H groups in total. The van der Waals surface area contributed by atoms with E-state index in [1.807, 2.05) is 13.0 Å². The molecule has 0 spiro atoms. The molecule has 1 heteroatoms. The maximum absolute atomic E-state index is 3.81. The van der Waals surface area contributed by atoms with Crippen LogP contribution < -0.4 is 5.32 Å². The Balaban J connectivity index is 1.88. The van der Waals surface area contributed by atoms with Crippen LogP contribution in [0.2, 0.25) is 0 Å². The van der Waals surface area contributed by atoms with E-state index < -0.39 is 0 Å². The summed E-state index contributed by atoms with van der Waals surface area (Å²) in [5.41, 5.74) is 9.21. The molecule has 1 nitrogen and oxygen atoms in total. The lowest BCUT2D eigenvalue weighted by Crippen LogP contribution is -2.15. The average molecular weight is 356 g/mol. The van der Waals surface area contributed by atoms with E-state index in [1.54, 1.807) is 0 Å². The van der Waals surface area contributed by atoms with Crippen LogP contribution in [0.25, 0.3) is 11.1 Å². The Bertz CT molecular complexity index is 938.